The van der Waals surface area contributed by atoms with Gasteiger partial charge < -0.3 is 0 Å². The Labute approximate surface area is 102 Å². The van der Waals surface area contributed by atoms with Crippen molar-refractivity contribution in [3.8, 4) is 0 Å². The van der Waals surface area contributed by atoms with Crippen LogP contribution in [0.15, 0.2) is 30.3 Å². The Balaban J connectivity index is 0.000000686. The average Bonchev–Trinajstić information content (AvgIpc) is 2.87. The highest BCUT2D eigenvalue weighted by atomic mass is 32.2. The van der Waals surface area contributed by atoms with E-state index in [9.17, 15) is 8.42 Å². The Morgan fingerprint density at radius 2 is 1.59 bits per heavy atom. The lowest BCUT2D eigenvalue weighted by molar-refractivity contribution is 0.476. The van der Waals surface area contributed by atoms with Crippen LogP contribution in [0, 0.1) is 0 Å². The van der Waals surface area contributed by atoms with Crippen molar-refractivity contribution in [2.45, 2.75) is 18.6 Å². The smallest absolute Gasteiger partial charge is 0.218 e. The van der Waals surface area contributed by atoms with E-state index in [1.807, 2.05) is 30.3 Å². The first-order valence-corrected chi connectivity index (χ1v) is 7.14. The molecule has 0 aliphatic carbocycles. The van der Waals surface area contributed by atoms with Gasteiger partial charge in [-0.25, -0.2) is 12.7 Å². The topological polar surface area (TPSA) is 89.4 Å². The molecule has 1 aromatic carbocycles. The monoisotopic (exact) mass is 257 g/mol. The lowest BCUT2D eigenvalue weighted by Gasteiger charge is -2.15. The standard InChI is InChI=1S/C11H15NO2S.H4N2/c13-15(14,12-8-4-5-9-12)10-11-6-2-1-3-7-11;1-2/h1-3,6-7H,4-5,8-10H2;1-2H2. The molecule has 5 nitrogen and oxygen atoms in total. The normalized spacial score (nSPS) is 16.4. The van der Waals surface area contributed by atoms with E-state index in [2.05, 4.69) is 11.7 Å². The highest BCUT2D eigenvalue weighted by Gasteiger charge is 2.25. The van der Waals surface area contributed by atoms with Gasteiger partial charge in [0.15, 0.2) is 0 Å². The van der Waals surface area contributed by atoms with Crippen LogP contribution in [0.25, 0.3) is 0 Å². The molecule has 17 heavy (non-hydrogen) atoms. The van der Waals surface area contributed by atoms with Gasteiger partial charge in [0.2, 0.25) is 10.0 Å². The number of rotatable bonds is 3. The molecular formula is C11H19N3O2S. The molecule has 1 heterocycles. The molecular weight excluding hydrogens is 238 g/mol. The molecule has 0 spiro atoms. The van der Waals surface area contributed by atoms with Crippen molar-refractivity contribution in [1.82, 2.24) is 4.31 Å². The highest BCUT2D eigenvalue weighted by Crippen LogP contribution is 2.16. The Hall–Kier alpha value is -0.950. The average molecular weight is 257 g/mol. The fourth-order valence-corrected chi connectivity index (χ4v) is 3.45. The second kappa shape index (κ2) is 6.70. The van der Waals surface area contributed by atoms with Gasteiger partial charge in [-0.3, -0.25) is 11.7 Å². The summed E-state index contributed by atoms with van der Waals surface area (Å²) in [6.07, 6.45) is 1.99. The summed E-state index contributed by atoms with van der Waals surface area (Å²) in [4.78, 5) is 0. The summed E-state index contributed by atoms with van der Waals surface area (Å²) in [5.41, 5.74) is 0.865. The largest absolute Gasteiger partial charge is 0.274 e. The predicted octanol–water partition coefficient (Wildman–Crippen LogP) is 0.431. The van der Waals surface area contributed by atoms with Crippen LogP contribution >= 0.6 is 0 Å². The molecule has 1 aliphatic heterocycles. The van der Waals surface area contributed by atoms with Crippen molar-refractivity contribution in [3.63, 3.8) is 0 Å². The summed E-state index contributed by atoms with van der Waals surface area (Å²) < 4.78 is 25.5. The molecule has 1 fully saturated rings. The van der Waals surface area contributed by atoms with Gasteiger partial charge in [0.1, 0.15) is 0 Å². The number of hydrazine groups is 1. The van der Waals surface area contributed by atoms with Crippen molar-refractivity contribution >= 4 is 10.0 Å². The molecule has 1 aromatic rings. The van der Waals surface area contributed by atoms with Gasteiger partial charge in [-0.05, 0) is 18.4 Å². The molecule has 0 unspecified atom stereocenters. The zero-order valence-electron chi connectivity index (χ0n) is 9.75. The molecule has 0 radical (unpaired) electrons. The predicted molar refractivity (Wildman–Crippen MR) is 68.2 cm³/mol. The zero-order valence-corrected chi connectivity index (χ0v) is 10.6. The molecule has 0 aromatic heterocycles. The fourth-order valence-electron chi connectivity index (χ4n) is 1.84. The van der Waals surface area contributed by atoms with Crippen LogP contribution in [0.4, 0.5) is 0 Å². The number of hydrogen-bond donors (Lipinski definition) is 2. The van der Waals surface area contributed by atoms with Crippen molar-refractivity contribution in [2.75, 3.05) is 13.1 Å². The molecule has 96 valence electrons. The van der Waals surface area contributed by atoms with E-state index >= 15 is 0 Å². The third-order valence-corrected chi connectivity index (χ3v) is 4.50. The minimum atomic E-state index is -3.08. The fraction of sp³-hybridized carbons (Fsp3) is 0.455. The van der Waals surface area contributed by atoms with Crippen LogP contribution in [-0.4, -0.2) is 25.8 Å². The van der Waals surface area contributed by atoms with Crippen LogP contribution in [-0.2, 0) is 15.8 Å². The molecule has 4 N–H and O–H groups in total. The van der Waals surface area contributed by atoms with E-state index in [0.717, 1.165) is 18.4 Å². The van der Waals surface area contributed by atoms with Gasteiger partial charge in [0.05, 0.1) is 5.75 Å². The van der Waals surface area contributed by atoms with E-state index in [0.29, 0.717) is 13.1 Å². The first-order valence-electron chi connectivity index (χ1n) is 5.53. The van der Waals surface area contributed by atoms with E-state index in [4.69, 9.17) is 0 Å². The summed E-state index contributed by atoms with van der Waals surface area (Å²) in [5, 5.41) is 0. The lowest BCUT2D eigenvalue weighted by atomic mass is 10.2. The van der Waals surface area contributed by atoms with Crippen LogP contribution in [0.3, 0.4) is 0 Å². The number of nitrogens with zero attached hydrogens (tertiary/aromatic N) is 1. The minimum absolute atomic E-state index is 0.133. The number of hydrogen-bond acceptors (Lipinski definition) is 4. The Morgan fingerprint density at radius 3 is 2.12 bits per heavy atom. The van der Waals surface area contributed by atoms with Gasteiger partial charge in [0.25, 0.3) is 0 Å². The molecule has 0 atom stereocenters. The summed E-state index contributed by atoms with van der Waals surface area (Å²) in [6, 6.07) is 9.34. The summed E-state index contributed by atoms with van der Waals surface area (Å²) >= 11 is 0. The summed E-state index contributed by atoms with van der Waals surface area (Å²) in [5.74, 6) is 8.13. The lowest BCUT2D eigenvalue weighted by Crippen LogP contribution is -2.29. The van der Waals surface area contributed by atoms with Crippen LogP contribution < -0.4 is 11.7 Å². The molecule has 0 bridgehead atoms. The van der Waals surface area contributed by atoms with Crippen LogP contribution in [0.1, 0.15) is 18.4 Å². The maximum absolute atomic E-state index is 11.9. The van der Waals surface area contributed by atoms with Gasteiger partial charge in [-0.1, -0.05) is 30.3 Å². The first-order chi connectivity index (χ1) is 8.18. The van der Waals surface area contributed by atoms with E-state index in [1.165, 1.54) is 0 Å². The molecule has 1 aliphatic rings. The highest BCUT2D eigenvalue weighted by molar-refractivity contribution is 7.88. The maximum Gasteiger partial charge on any atom is 0.218 e. The molecule has 0 saturated carbocycles. The maximum atomic E-state index is 11.9. The third kappa shape index (κ3) is 4.08. The Morgan fingerprint density at radius 1 is 1.06 bits per heavy atom. The van der Waals surface area contributed by atoms with Gasteiger partial charge in [-0.15, -0.1) is 0 Å². The van der Waals surface area contributed by atoms with E-state index < -0.39 is 10.0 Å². The van der Waals surface area contributed by atoms with Gasteiger partial charge in [0, 0.05) is 13.1 Å². The summed E-state index contributed by atoms with van der Waals surface area (Å²) in [6.45, 7) is 1.38. The molecule has 2 rings (SSSR count). The second-order valence-electron chi connectivity index (χ2n) is 3.85. The Kier molecular flexibility index (Phi) is 5.57. The third-order valence-electron chi connectivity index (χ3n) is 2.65. The van der Waals surface area contributed by atoms with Crippen molar-refractivity contribution in [2.24, 2.45) is 11.7 Å². The quantitative estimate of drug-likeness (QED) is 0.607. The van der Waals surface area contributed by atoms with Crippen molar-refractivity contribution in [3.05, 3.63) is 35.9 Å². The van der Waals surface area contributed by atoms with E-state index in [1.54, 1.807) is 4.31 Å². The number of nitrogens with two attached hydrogens (primary N) is 2. The van der Waals surface area contributed by atoms with Crippen LogP contribution in [0.5, 0.6) is 0 Å². The number of benzene rings is 1. The van der Waals surface area contributed by atoms with Crippen molar-refractivity contribution in [1.29, 1.82) is 0 Å². The second-order valence-corrected chi connectivity index (χ2v) is 5.82. The number of sulfonamides is 1. The zero-order chi connectivity index (χ0) is 12.7. The Bertz CT molecular complexity index is 414. The van der Waals surface area contributed by atoms with Gasteiger partial charge in [-0.2, -0.15) is 0 Å². The first kappa shape index (κ1) is 14.1. The van der Waals surface area contributed by atoms with Crippen LogP contribution in [0.2, 0.25) is 0 Å². The van der Waals surface area contributed by atoms with Crippen molar-refractivity contribution < 1.29 is 8.42 Å². The van der Waals surface area contributed by atoms with E-state index in [-0.39, 0.29) is 5.75 Å². The SMILES string of the molecule is NN.O=S(=O)(Cc1ccccc1)N1CCCC1. The molecule has 0 amide bonds. The summed E-state index contributed by atoms with van der Waals surface area (Å²) in [7, 11) is -3.08. The minimum Gasteiger partial charge on any atom is -0.274 e. The molecule has 1 saturated heterocycles. The molecule has 6 heteroatoms. The van der Waals surface area contributed by atoms with Gasteiger partial charge >= 0.3 is 0 Å².